The summed E-state index contributed by atoms with van der Waals surface area (Å²) in [6.45, 7) is 10.3. The van der Waals surface area contributed by atoms with Crippen LogP contribution in [0.4, 0.5) is 0 Å². The summed E-state index contributed by atoms with van der Waals surface area (Å²) in [4.78, 5) is 0. The largest absolute Gasteiger partial charge is 0.461 e. The third-order valence-electron chi connectivity index (χ3n) is 0.734. The molecule has 2 heteroatoms. The van der Waals surface area contributed by atoms with E-state index in [1.165, 1.54) is 12.5 Å². The van der Waals surface area contributed by atoms with Crippen molar-refractivity contribution in [3.63, 3.8) is 0 Å². The highest BCUT2D eigenvalue weighted by molar-refractivity contribution is 4.64. The van der Waals surface area contributed by atoms with Crippen LogP contribution in [0.3, 0.4) is 0 Å². The first-order chi connectivity index (χ1) is 4.12. The van der Waals surface area contributed by atoms with E-state index in [1.54, 1.807) is 13.8 Å². The summed E-state index contributed by atoms with van der Waals surface area (Å²) in [7, 11) is 0. The van der Waals surface area contributed by atoms with E-state index in [1.807, 2.05) is 0 Å². The van der Waals surface area contributed by atoms with Crippen LogP contribution in [-0.4, -0.2) is 5.79 Å². The molecule has 0 aromatic heterocycles. The topological polar surface area (TPSA) is 18.5 Å². The van der Waals surface area contributed by atoms with Gasteiger partial charge >= 0.3 is 0 Å². The third kappa shape index (κ3) is 3.64. The van der Waals surface area contributed by atoms with Gasteiger partial charge in [-0.3, -0.25) is 0 Å². The van der Waals surface area contributed by atoms with Crippen molar-refractivity contribution in [1.29, 1.82) is 0 Å². The van der Waals surface area contributed by atoms with Crippen molar-refractivity contribution in [2.24, 2.45) is 0 Å². The molecule has 52 valence electrons. The van der Waals surface area contributed by atoms with Gasteiger partial charge < -0.3 is 9.47 Å². The first-order valence-electron chi connectivity index (χ1n) is 2.70. The van der Waals surface area contributed by atoms with Gasteiger partial charge in [-0.2, -0.15) is 0 Å². The van der Waals surface area contributed by atoms with Crippen molar-refractivity contribution in [2.75, 3.05) is 0 Å². The average Bonchev–Trinajstić information content (AvgIpc) is 1.64. The molecule has 0 aromatic carbocycles. The normalized spacial score (nSPS) is 10.0. The standard InChI is InChI=1S/C7H12O2/c1-5-8-7(3,4)9-6-2/h5-6H,1-2H2,3-4H3. The Morgan fingerprint density at radius 2 is 1.44 bits per heavy atom. The number of hydrogen-bond acceptors (Lipinski definition) is 2. The molecule has 0 aliphatic rings. The van der Waals surface area contributed by atoms with Crippen molar-refractivity contribution in [3.05, 3.63) is 25.7 Å². The molecule has 0 aromatic rings. The molecule has 0 radical (unpaired) electrons. The van der Waals surface area contributed by atoms with E-state index >= 15 is 0 Å². The maximum Gasteiger partial charge on any atom is 0.243 e. The fraction of sp³-hybridized carbons (Fsp3) is 0.429. The summed E-state index contributed by atoms with van der Waals surface area (Å²) in [5.74, 6) is -0.635. The van der Waals surface area contributed by atoms with Crippen LogP contribution in [0.5, 0.6) is 0 Å². The zero-order chi connectivity index (χ0) is 7.33. The van der Waals surface area contributed by atoms with Gasteiger partial charge in [-0.05, 0) is 0 Å². The van der Waals surface area contributed by atoms with Crippen LogP contribution in [0.25, 0.3) is 0 Å². The number of ether oxygens (including phenoxy) is 2. The van der Waals surface area contributed by atoms with Crippen LogP contribution in [-0.2, 0) is 9.47 Å². The summed E-state index contributed by atoms with van der Waals surface area (Å²) in [6.07, 6.45) is 2.67. The molecule has 0 saturated carbocycles. The molecule has 0 spiro atoms. The molecular weight excluding hydrogens is 116 g/mol. The van der Waals surface area contributed by atoms with Crippen LogP contribution < -0.4 is 0 Å². The van der Waals surface area contributed by atoms with Gasteiger partial charge in [-0.1, -0.05) is 13.2 Å². The van der Waals surface area contributed by atoms with Crippen molar-refractivity contribution >= 4 is 0 Å². The molecule has 0 atom stereocenters. The van der Waals surface area contributed by atoms with E-state index in [2.05, 4.69) is 13.2 Å². The molecule has 0 heterocycles. The van der Waals surface area contributed by atoms with Gasteiger partial charge in [0.15, 0.2) is 0 Å². The lowest BCUT2D eigenvalue weighted by atomic mass is 10.4. The lowest BCUT2D eigenvalue weighted by molar-refractivity contribution is -0.142. The van der Waals surface area contributed by atoms with Crippen molar-refractivity contribution in [1.82, 2.24) is 0 Å². The highest BCUT2D eigenvalue weighted by atomic mass is 16.7. The third-order valence-corrected chi connectivity index (χ3v) is 0.734. The van der Waals surface area contributed by atoms with Gasteiger partial charge in [-0.25, -0.2) is 0 Å². The maximum absolute atomic E-state index is 4.94. The van der Waals surface area contributed by atoms with Gasteiger partial charge in [0.1, 0.15) is 0 Å². The zero-order valence-corrected chi connectivity index (χ0v) is 5.89. The number of rotatable bonds is 4. The molecule has 0 unspecified atom stereocenters. The van der Waals surface area contributed by atoms with Gasteiger partial charge in [0.05, 0.1) is 12.5 Å². The highest BCUT2D eigenvalue weighted by Gasteiger charge is 2.15. The van der Waals surface area contributed by atoms with Crippen molar-refractivity contribution in [3.8, 4) is 0 Å². The maximum atomic E-state index is 4.94. The van der Waals surface area contributed by atoms with E-state index < -0.39 is 5.79 Å². The van der Waals surface area contributed by atoms with Gasteiger partial charge in [0.25, 0.3) is 0 Å². The van der Waals surface area contributed by atoms with Crippen LogP contribution in [0.1, 0.15) is 13.8 Å². The number of hydrogen-bond donors (Lipinski definition) is 0. The minimum atomic E-state index is -0.635. The zero-order valence-electron chi connectivity index (χ0n) is 5.89. The summed E-state index contributed by atoms with van der Waals surface area (Å²) in [5.41, 5.74) is 0. The smallest absolute Gasteiger partial charge is 0.243 e. The lowest BCUT2D eigenvalue weighted by Gasteiger charge is -2.22. The molecule has 0 aliphatic heterocycles. The Morgan fingerprint density at radius 3 is 1.67 bits per heavy atom. The van der Waals surface area contributed by atoms with E-state index in [0.29, 0.717) is 0 Å². The predicted molar refractivity (Wildman–Crippen MR) is 36.6 cm³/mol. The highest BCUT2D eigenvalue weighted by Crippen LogP contribution is 2.10. The molecular formula is C7H12O2. The molecule has 2 nitrogen and oxygen atoms in total. The second-order valence-corrected chi connectivity index (χ2v) is 1.97. The van der Waals surface area contributed by atoms with E-state index in [4.69, 9.17) is 9.47 Å². The monoisotopic (exact) mass is 128 g/mol. The Morgan fingerprint density at radius 1 is 1.11 bits per heavy atom. The molecule has 0 bridgehead atoms. The summed E-state index contributed by atoms with van der Waals surface area (Å²) < 4.78 is 9.88. The Hall–Kier alpha value is -0.920. The first-order valence-corrected chi connectivity index (χ1v) is 2.70. The minimum Gasteiger partial charge on any atom is -0.461 e. The Balaban J connectivity index is 3.68. The Bertz CT molecular complexity index is 93.5. The SMILES string of the molecule is C=COC(C)(C)OC=C. The minimum absolute atomic E-state index is 0.635. The van der Waals surface area contributed by atoms with Gasteiger partial charge in [-0.15, -0.1) is 0 Å². The van der Waals surface area contributed by atoms with Gasteiger partial charge in [0, 0.05) is 13.8 Å². The molecule has 0 amide bonds. The van der Waals surface area contributed by atoms with Crippen molar-refractivity contribution < 1.29 is 9.47 Å². The predicted octanol–water partition coefficient (Wildman–Crippen LogP) is 2.04. The van der Waals surface area contributed by atoms with E-state index in [9.17, 15) is 0 Å². The first kappa shape index (κ1) is 8.08. The summed E-state index contributed by atoms with van der Waals surface area (Å²) >= 11 is 0. The Labute approximate surface area is 55.8 Å². The van der Waals surface area contributed by atoms with Crippen LogP contribution in [0.15, 0.2) is 25.7 Å². The van der Waals surface area contributed by atoms with Crippen LogP contribution in [0.2, 0.25) is 0 Å². The van der Waals surface area contributed by atoms with E-state index in [-0.39, 0.29) is 0 Å². The molecule has 0 N–H and O–H groups in total. The quantitative estimate of drug-likeness (QED) is 0.426. The lowest BCUT2D eigenvalue weighted by Crippen LogP contribution is -2.23. The average molecular weight is 128 g/mol. The summed E-state index contributed by atoms with van der Waals surface area (Å²) in [5, 5.41) is 0. The van der Waals surface area contributed by atoms with Gasteiger partial charge in [0.2, 0.25) is 5.79 Å². The molecule has 0 aliphatic carbocycles. The fourth-order valence-corrected chi connectivity index (χ4v) is 0.429. The molecule has 0 rings (SSSR count). The molecule has 0 saturated heterocycles. The second-order valence-electron chi connectivity index (χ2n) is 1.97. The van der Waals surface area contributed by atoms with Crippen molar-refractivity contribution in [2.45, 2.75) is 19.6 Å². The van der Waals surface area contributed by atoms with E-state index in [0.717, 1.165) is 0 Å². The Kier molecular flexibility index (Phi) is 2.85. The molecule has 0 fully saturated rings. The van der Waals surface area contributed by atoms with Crippen LogP contribution >= 0.6 is 0 Å². The summed E-state index contributed by atoms with van der Waals surface area (Å²) in [6, 6.07) is 0. The molecule has 9 heavy (non-hydrogen) atoms. The second kappa shape index (κ2) is 3.17. The fourth-order valence-electron chi connectivity index (χ4n) is 0.429. The van der Waals surface area contributed by atoms with Crippen LogP contribution in [0, 0.1) is 0 Å².